The fourth-order valence-electron chi connectivity index (χ4n) is 1.99. The summed E-state index contributed by atoms with van der Waals surface area (Å²) in [7, 11) is 0. The molecule has 4 nitrogen and oxygen atoms in total. The fraction of sp³-hybridized carbons (Fsp3) is 0.231. The van der Waals surface area contributed by atoms with E-state index in [2.05, 4.69) is 5.10 Å². The van der Waals surface area contributed by atoms with Crippen LogP contribution in [0.2, 0.25) is 5.02 Å². The average molecular weight is 261 g/mol. The van der Waals surface area contributed by atoms with Gasteiger partial charge < -0.3 is 5.73 Å². The van der Waals surface area contributed by atoms with Crippen molar-refractivity contribution in [1.82, 2.24) is 9.78 Å². The monoisotopic (exact) mass is 260 g/mol. The molecule has 0 atom stereocenters. The van der Waals surface area contributed by atoms with Crippen molar-refractivity contribution >= 4 is 17.4 Å². The Labute approximate surface area is 110 Å². The van der Waals surface area contributed by atoms with Gasteiger partial charge in [0.1, 0.15) is 5.84 Å². The number of aromatic nitrogens is 2. The minimum absolute atomic E-state index is 0.00373. The zero-order chi connectivity index (χ0) is 12.7. The molecule has 3 N–H and O–H groups in total. The number of amidine groups is 1. The molecule has 0 radical (unpaired) electrons. The second-order valence-corrected chi connectivity index (χ2v) is 4.97. The third kappa shape index (κ3) is 1.99. The summed E-state index contributed by atoms with van der Waals surface area (Å²) in [5.74, 6) is 0.607. The standard InChI is InChI=1S/C13H13ClN4/c14-9-3-4-12(10(7-9)13(15)16)18-6-5-11(17-18)8-1-2-8/h3-8H,1-2H2,(H3,15,16). The minimum atomic E-state index is -0.00373. The highest BCUT2D eigenvalue weighted by Gasteiger charge is 2.26. The van der Waals surface area contributed by atoms with E-state index in [-0.39, 0.29) is 5.84 Å². The van der Waals surface area contributed by atoms with Crippen molar-refractivity contribution in [1.29, 1.82) is 5.41 Å². The summed E-state index contributed by atoms with van der Waals surface area (Å²) >= 11 is 5.93. The van der Waals surface area contributed by atoms with Crippen LogP contribution in [0.4, 0.5) is 0 Å². The first-order chi connectivity index (χ1) is 8.65. The van der Waals surface area contributed by atoms with Crippen molar-refractivity contribution in [3.63, 3.8) is 0 Å². The van der Waals surface area contributed by atoms with E-state index >= 15 is 0 Å². The average Bonchev–Trinajstić information content (AvgIpc) is 3.08. The maximum absolute atomic E-state index is 7.60. The number of hydrogen-bond acceptors (Lipinski definition) is 2. The van der Waals surface area contributed by atoms with Gasteiger partial charge in [-0.2, -0.15) is 5.10 Å². The molecule has 0 saturated heterocycles. The van der Waals surface area contributed by atoms with Gasteiger partial charge in [0.05, 0.1) is 11.4 Å². The lowest BCUT2D eigenvalue weighted by Crippen LogP contribution is -2.15. The van der Waals surface area contributed by atoms with E-state index in [4.69, 9.17) is 22.7 Å². The molecule has 1 aromatic carbocycles. The summed E-state index contributed by atoms with van der Waals surface area (Å²) < 4.78 is 1.76. The van der Waals surface area contributed by atoms with Crippen LogP contribution in [0, 0.1) is 5.41 Å². The number of halogens is 1. The van der Waals surface area contributed by atoms with E-state index in [0.29, 0.717) is 16.5 Å². The molecule has 5 heteroatoms. The molecule has 0 amide bonds. The van der Waals surface area contributed by atoms with Gasteiger partial charge in [-0.25, -0.2) is 4.68 Å². The minimum Gasteiger partial charge on any atom is -0.384 e. The topological polar surface area (TPSA) is 67.7 Å². The van der Waals surface area contributed by atoms with Gasteiger partial charge in [0.2, 0.25) is 0 Å². The summed E-state index contributed by atoms with van der Waals surface area (Å²) in [6.45, 7) is 0. The third-order valence-electron chi connectivity index (χ3n) is 3.10. The van der Waals surface area contributed by atoms with Crippen LogP contribution in [0.3, 0.4) is 0 Å². The second kappa shape index (κ2) is 4.14. The van der Waals surface area contributed by atoms with Gasteiger partial charge in [0, 0.05) is 22.7 Å². The molecule has 0 unspecified atom stereocenters. The van der Waals surface area contributed by atoms with Crippen LogP contribution in [-0.4, -0.2) is 15.6 Å². The Morgan fingerprint density at radius 3 is 2.83 bits per heavy atom. The van der Waals surface area contributed by atoms with Crippen LogP contribution in [0.15, 0.2) is 30.5 Å². The molecule has 1 saturated carbocycles. The van der Waals surface area contributed by atoms with Crippen molar-refractivity contribution in [2.75, 3.05) is 0 Å². The van der Waals surface area contributed by atoms with E-state index in [0.717, 1.165) is 11.4 Å². The van der Waals surface area contributed by atoms with Gasteiger partial charge in [0.15, 0.2) is 0 Å². The lowest BCUT2D eigenvalue weighted by molar-refractivity contribution is 0.835. The highest BCUT2D eigenvalue weighted by atomic mass is 35.5. The van der Waals surface area contributed by atoms with E-state index in [1.807, 2.05) is 18.3 Å². The van der Waals surface area contributed by atoms with Crippen molar-refractivity contribution < 1.29 is 0 Å². The molecule has 18 heavy (non-hydrogen) atoms. The smallest absolute Gasteiger partial charge is 0.125 e. The molecule has 1 aliphatic carbocycles. The second-order valence-electron chi connectivity index (χ2n) is 4.53. The summed E-state index contributed by atoms with van der Waals surface area (Å²) in [5.41, 5.74) is 8.09. The zero-order valence-electron chi connectivity index (χ0n) is 9.73. The Kier molecular flexibility index (Phi) is 2.59. The van der Waals surface area contributed by atoms with Crippen molar-refractivity contribution in [2.24, 2.45) is 5.73 Å². The van der Waals surface area contributed by atoms with Crippen LogP contribution >= 0.6 is 11.6 Å². The summed E-state index contributed by atoms with van der Waals surface area (Å²) in [6, 6.07) is 7.33. The fourth-order valence-corrected chi connectivity index (χ4v) is 2.16. The van der Waals surface area contributed by atoms with Crippen LogP contribution in [0.5, 0.6) is 0 Å². The molecular weight excluding hydrogens is 248 g/mol. The van der Waals surface area contributed by atoms with Crippen molar-refractivity contribution in [3.05, 3.63) is 46.7 Å². The van der Waals surface area contributed by atoms with Gasteiger partial charge in [-0.1, -0.05) is 11.6 Å². The molecule has 1 fully saturated rings. The molecule has 0 spiro atoms. The molecule has 0 aliphatic heterocycles. The Hall–Kier alpha value is -1.81. The SMILES string of the molecule is N=C(N)c1cc(Cl)ccc1-n1ccc(C2CC2)n1. The maximum atomic E-state index is 7.60. The van der Waals surface area contributed by atoms with E-state index in [1.165, 1.54) is 12.8 Å². The summed E-state index contributed by atoms with van der Waals surface area (Å²) in [5, 5.41) is 12.7. The van der Waals surface area contributed by atoms with Gasteiger partial charge in [-0.15, -0.1) is 0 Å². The number of hydrogen-bond donors (Lipinski definition) is 2. The van der Waals surface area contributed by atoms with Gasteiger partial charge in [0.25, 0.3) is 0 Å². The molecular formula is C13H13ClN4. The first-order valence-corrected chi connectivity index (χ1v) is 6.23. The molecule has 3 rings (SSSR count). The lowest BCUT2D eigenvalue weighted by Gasteiger charge is -2.08. The predicted octanol–water partition coefficient (Wildman–Crippen LogP) is 2.69. The third-order valence-corrected chi connectivity index (χ3v) is 3.34. The number of nitrogens with two attached hydrogens (primary N) is 1. The predicted molar refractivity (Wildman–Crippen MR) is 71.6 cm³/mol. The molecule has 1 aliphatic rings. The Bertz CT molecular complexity index is 613. The lowest BCUT2D eigenvalue weighted by atomic mass is 10.1. The molecule has 0 bridgehead atoms. The normalized spacial score (nSPS) is 14.7. The number of nitrogen functional groups attached to an aromatic ring is 1. The van der Waals surface area contributed by atoms with Gasteiger partial charge in [-0.05, 0) is 37.1 Å². The zero-order valence-corrected chi connectivity index (χ0v) is 10.5. The highest BCUT2D eigenvalue weighted by molar-refractivity contribution is 6.31. The van der Waals surface area contributed by atoms with Crippen LogP contribution < -0.4 is 5.73 Å². The quantitative estimate of drug-likeness (QED) is 0.658. The molecule has 1 heterocycles. The Morgan fingerprint density at radius 2 is 2.17 bits per heavy atom. The largest absolute Gasteiger partial charge is 0.384 e. The van der Waals surface area contributed by atoms with Crippen LogP contribution in [0.25, 0.3) is 5.69 Å². The van der Waals surface area contributed by atoms with Crippen molar-refractivity contribution in [3.8, 4) is 5.69 Å². The number of benzene rings is 1. The van der Waals surface area contributed by atoms with E-state index in [9.17, 15) is 0 Å². The molecule has 92 valence electrons. The first-order valence-electron chi connectivity index (χ1n) is 5.85. The number of nitrogens with one attached hydrogen (secondary N) is 1. The molecule has 2 aromatic rings. The first kappa shape index (κ1) is 11.3. The van der Waals surface area contributed by atoms with Gasteiger partial charge >= 0.3 is 0 Å². The van der Waals surface area contributed by atoms with E-state index < -0.39 is 0 Å². The van der Waals surface area contributed by atoms with Crippen LogP contribution in [0.1, 0.15) is 30.0 Å². The maximum Gasteiger partial charge on any atom is 0.125 e. The van der Waals surface area contributed by atoms with Crippen LogP contribution in [-0.2, 0) is 0 Å². The van der Waals surface area contributed by atoms with E-state index in [1.54, 1.807) is 16.8 Å². The summed E-state index contributed by atoms with van der Waals surface area (Å²) in [4.78, 5) is 0. The Morgan fingerprint density at radius 1 is 1.39 bits per heavy atom. The highest BCUT2D eigenvalue weighted by Crippen LogP contribution is 2.39. The number of rotatable bonds is 3. The number of nitrogens with zero attached hydrogens (tertiary/aromatic N) is 2. The molecule has 1 aromatic heterocycles. The summed E-state index contributed by atoms with van der Waals surface area (Å²) in [6.07, 6.45) is 4.34. The Balaban J connectivity index is 2.06. The van der Waals surface area contributed by atoms with Crippen molar-refractivity contribution in [2.45, 2.75) is 18.8 Å². The van der Waals surface area contributed by atoms with Gasteiger partial charge in [-0.3, -0.25) is 5.41 Å².